The minimum Gasteiger partial charge on any atom is -0.374 e. The number of likely N-dealkylation sites (N-methyl/N-ethyl adjacent to an activating group) is 1. The molecule has 0 saturated carbocycles. The minimum atomic E-state index is 0.0255. The van der Waals surface area contributed by atoms with Gasteiger partial charge in [-0.25, -0.2) is 0 Å². The number of Topliss-reactive ketones (excluding diaryl/α,β-unsaturated/α-hetero) is 1. The zero-order valence-corrected chi connectivity index (χ0v) is 7.62. The van der Waals surface area contributed by atoms with Crippen LogP contribution in [0.25, 0.3) is 0 Å². The Bertz CT molecular complexity index is 195. The summed E-state index contributed by atoms with van der Waals surface area (Å²) in [5, 5.41) is 0. The first-order valence-corrected chi connectivity index (χ1v) is 4.54. The number of hydrogen-bond acceptors (Lipinski definition) is 3. The summed E-state index contributed by atoms with van der Waals surface area (Å²) in [6.07, 6.45) is 2.40. The van der Waals surface area contributed by atoms with Crippen LogP contribution in [0.4, 0.5) is 0 Å². The van der Waals surface area contributed by atoms with Gasteiger partial charge in [0.25, 0.3) is 0 Å². The molecule has 3 atom stereocenters. The van der Waals surface area contributed by atoms with Crippen LogP contribution in [0.1, 0.15) is 19.8 Å². The molecule has 3 unspecified atom stereocenters. The number of rotatable bonds is 1. The largest absolute Gasteiger partial charge is 0.374 e. The molecule has 3 aliphatic heterocycles. The lowest BCUT2D eigenvalue weighted by molar-refractivity contribution is -0.155. The van der Waals surface area contributed by atoms with Crippen LogP contribution in [-0.4, -0.2) is 42.5 Å². The van der Waals surface area contributed by atoms with Crippen LogP contribution in [-0.2, 0) is 9.53 Å². The molecular formula is C9H15NO2. The number of ether oxygens (including phenoxy) is 1. The molecule has 3 heterocycles. The molecule has 0 aromatic rings. The number of nitrogens with zero attached hydrogens (tertiary/aromatic N) is 1. The fourth-order valence-corrected chi connectivity index (χ4v) is 2.37. The molecule has 0 spiro atoms. The Hall–Kier alpha value is -0.410. The molecule has 0 aliphatic carbocycles. The molecule has 3 rings (SSSR count). The van der Waals surface area contributed by atoms with Gasteiger partial charge in [-0.05, 0) is 26.8 Å². The standard InChI is InChI=1S/C9H15NO2/c1-6(11)9-8-4-3-7(5-12-8)10(9)2/h7-9H,3-5H2,1-2H3. The van der Waals surface area contributed by atoms with Gasteiger partial charge in [0.05, 0.1) is 18.8 Å². The van der Waals surface area contributed by atoms with E-state index in [-0.39, 0.29) is 17.9 Å². The highest BCUT2D eigenvalue weighted by molar-refractivity contribution is 5.82. The maximum absolute atomic E-state index is 11.3. The highest BCUT2D eigenvalue weighted by Crippen LogP contribution is 2.30. The molecule has 68 valence electrons. The first-order valence-electron chi connectivity index (χ1n) is 4.54. The first kappa shape index (κ1) is 8.20. The van der Waals surface area contributed by atoms with Crippen LogP contribution >= 0.6 is 0 Å². The molecule has 3 saturated heterocycles. The highest BCUT2D eigenvalue weighted by Gasteiger charge is 2.42. The summed E-state index contributed by atoms with van der Waals surface area (Å²) in [7, 11) is 2.03. The predicted molar refractivity (Wildman–Crippen MR) is 45.0 cm³/mol. The fourth-order valence-electron chi connectivity index (χ4n) is 2.37. The van der Waals surface area contributed by atoms with Crippen LogP contribution < -0.4 is 0 Å². The van der Waals surface area contributed by atoms with E-state index in [1.807, 2.05) is 7.05 Å². The molecule has 0 amide bonds. The predicted octanol–water partition coefficient (Wildman–Crippen LogP) is 0.437. The fraction of sp³-hybridized carbons (Fsp3) is 0.889. The Balaban J connectivity index is 2.18. The number of ketones is 1. The van der Waals surface area contributed by atoms with Crippen molar-refractivity contribution < 1.29 is 9.53 Å². The van der Waals surface area contributed by atoms with Gasteiger partial charge in [-0.2, -0.15) is 0 Å². The summed E-state index contributed by atoms with van der Waals surface area (Å²) < 4.78 is 5.56. The van der Waals surface area contributed by atoms with Crippen molar-refractivity contribution in [3.63, 3.8) is 0 Å². The van der Waals surface area contributed by atoms with Crippen molar-refractivity contribution in [2.45, 2.75) is 38.0 Å². The SMILES string of the molecule is CC(=O)C1C2CCC(CO2)N1C. The van der Waals surface area contributed by atoms with Crippen LogP contribution in [0.3, 0.4) is 0 Å². The zero-order valence-electron chi connectivity index (χ0n) is 7.62. The highest BCUT2D eigenvalue weighted by atomic mass is 16.5. The summed E-state index contributed by atoms with van der Waals surface area (Å²) >= 11 is 0. The van der Waals surface area contributed by atoms with Crippen LogP contribution in [0.2, 0.25) is 0 Å². The molecule has 0 aromatic carbocycles. The number of hydrogen-bond donors (Lipinski definition) is 0. The van der Waals surface area contributed by atoms with Gasteiger partial charge in [0.1, 0.15) is 5.78 Å². The quantitative estimate of drug-likeness (QED) is 0.570. The first-order chi connectivity index (χ1) is 5.70. The second kappa shape index (κ2) is 2.82. The number of carbonyl (C=O) groups excluding carboxylic acids is 1. The second-order valence-corrected chi connectivity index (χ2v) is 3.82. The smallest absolute Gasteiger partial charge is 0.149 e. The lowest BCUT2D eigenvalue weighted by atomic mass is 9.89. The number of piperidine rings is 1. The number of morpholine rings is 1. The van der Waals surface area contributed by atoms with E-state index in [9.17, 15) is 4.79 Å². The average Bonchev–Trinajstić information content (AvgIpc) is 2.05. The van der Waals surface area contributed by atoms with Gasteiger partial charge >= 0.3 is 0 Å². The van der Waals surface area contributed by atoms with Gasteiger partial charge in [-0.3, -0.25) is 9.69 Å². The van der Waals surface area contributed by atoms with E-state index in [0.717, 1.165) is 13.0 Å². The zero-order chi connectivity index (χ0) is 8.72. The Kier molecular flexibility index (Phi) is 1.93. The molecule has 12 heavy (non-hydrogen) atoms. The van der Waals surface area contributed by atoms with Gasteiger partial charge < -0.3 is 4.74 Å². The maximum atomic E-state index is 11.3. The Morgan fingerprint density at radius 1 is 1.50 bits per heavy atom. The van der Waals surface area contributed by atoms with Gasteiger partial charge in [-0.1, -0.05) is 0 Å². The van der Waals surface area contributed by atoms with Crippen LogP contribution in [0, 0.1) is 0 Å². The second-order valence-electron chi connectivity index (χ2n) is 3.82. The summed E-state index contributed by atoms with van der Waals surface area (Å²) in [5.41, 5.74) is 0. The molecule has 0 radical (unpaired) electrons. The number of carbonyl (C=O) groups is 1. The Morgan fingerprint density at radius 3 is 2.58 bits per heavy atom. The van der Waals surface area contributed by atoms with Crippen molar-refractivity contribution in [2.75, 3.05) is 13.7 Å². The van der Waals surface area contributed by atoms with Crippen molar-refractivity contribution in [2.24, 2.45) is 0 Å². The summed E-state index contributed by atoms with van der Waals surface area (Å²) in [5.74, 6) is 0.243. The molecule has 3 nitrogen and oxygen atoms in total. The van der Waals surface area contributed by atoms with E-state index in [1.54, 1.807) is 6.92 Å². The molecule has 0 N–H and O–H groups in total. The van der Waals surface area contributed by atoms with E-state index in [4.69, 9.17) is 4.74 Å². The van der Waals surface area contributed by atoms with E-state index in [0.29, 0.717) is 6.04 Å². The van der Waals surface area contributed by atoms with Gasteiger partial charge in [0.2, 0.25) is 0 Å². The van der Waals surface area contributed by atoms with Crippen molar-refractivity contribution in [3.8, 4) is 0 Å². The van der Waals surface area contributed by atoms with E-state index in [1.165, 1.54) is 6.42 Å². The van der Waals surface area contributed by atoms with Crippen LogP contribution in [0.5, 0.6) is 0 Å². The third kappa shape index (κ3) is 1.08. The summed E-state index contributed by atoms with van der Waals surface area (Å²) in [6, 6.07) is 0.501. The Morgan fingerprint density at radius 2 is 2.25 bits per heavy atom. The topological polar surface area (TPSA) is 29.5 Å². The van der Waals surface area contributed by atoms with Crippen LogP contribution in [0.15, 0.2) is 0 Å². The summed E-state index contributed by atoms with van der Waals surface area (Å²) in [4.78, 5) is 13.5. The number of fused-ring (bicyclic) bond motifs is 3. The maximum Gasteiger partial charge on any atom is 0.149 e. The molecule has 3 fully saturated rings. The molecular weight excluding hydrogens is 154 g/mol. The Labute approximate surface area is 72.7 Å². The van der Waals surface area contributed by atoms with E-state index < -0.39 is 0 Å². The normalized spacial score (nSPS) is 41.7. The molecule has 2 bridgehead atoms. The lowest BCUT2D eigenvalue weighted by Crippen LogP contribution is -2.61. The average molecular weight is 169 g/mol. The minimum absolute atomic E-state index is 0.0255. The van der Waals surface area contributed by atoms with Gasteiger partial charge in [0, 0.05) is 6.04 Å². The third-order valence-electron chi connectivity index (χ3n) is 3.07. The van der Waals surface area contributed by atoms with Crippen molar-refractivity contribution in [3.05, 3.63) is 0 Å². The molecule has 0 aromatic heterocycles. The molecule has 3 heteroatoms. The van der Waals surface area contributed by atoms with E-state index in [2.05, 4.69) is 4.90 Å². The monoisotopic (exact) mass is 169 g/mol. The molecule has 3 aliphatic rings. The summed E-state index contributed by atoms with van der Waals surface area (Å²) in [6.45, 7) is 2.47. The lowest BCUT2D eigenvalue weighted by Gasteiger charge is -2.48. The van der Waals surface area contributed by atoms with Gasteiger partial charge in [-0.15, -0.1) is 0 Å². The van der Waals surface area contributed by atoms with Crippen molar-refractivity contribution >= 4 is 5.78 Å². The van der Waals surface area contributed by atoms with E-state index >= 15 is 0 Å². The third-order valence-corrected chi connectivity index (χ3v) is 3.07. The van der Waals surface area contributed by atoms with Crippen molar-refractivity contribution in [1.29, 1.82) is 0 Å². The van der Waals surface area contributed by atoms with Crippen molar-refractivity contribution in [1.82, 2.24) is 4.90 Å². The van der Waals surface area contributed by atoms with Gasteiger partial charge in [0.15, 0.2) is 0 Å².